The normalized spacial score (nSPS) is 19.1. The lowest BCUT2D eigenvalue weighted by Crippen LogP contribution is -2.52. The Balaban J connectivity index is 1.93. The maximum absolute atomic E-state index is 12.4. The van der Waals surface area contributed by atoms with Crippen LogP contribution in [0.2, 0.25) is 0 Å². The van der Waals surface area contributed by atoms with Gasteiger partial charge in [-0.25, -0.2) is 0 Å². The van der Waals surface area contributed by atoms with Crippen LogP contribution in [0.1, 0.15) is 62.9 Å². The Morgan fingerprint density at radius 3 is 2.42 bits per heavy atom. The van der Waals surface area contributed by atoms with E-state index in [1.165, 1.54) is 0 Å². The summed E-state index contributed by atoms with van der Waals surface area (Å²) in [4.78, 5) is 36.6. The van der Waals surface area contributed by atoms with Gasteiger partial charge in [0, 0.05) is 12.1 Å². The van der Waals surface area contributed by atoms with Gasteiger partial charge in [-0.05, 0) is 49.3 Å². The molecule has 142 valence electrons. The first kappa shape index (κ1) is 19.9. The smallest absolute Gasteiger partial charge is 0.251 e. The van der Waals surface area contributed by atoms with Crippen molar-refractivity contribution >= 4 is 17.7 Å². The fourth-order valence-electron chi connectivity index (χ4n) is 2.84. The fourth-order valence-corrected chi connectivity index (χ4v) is 2.84. The number of carbonyl (C=O) groups excluding carboxylic acids is 3. The zero-order valence-electron chi connectivity index (χ0n) is 16.0. The van der Waals surface area contributed by atoms with Crippen LogP contribution < -0.4 is 16.0 Å². The van der Waals surface area contributed by atoms with E-state index in [1.807, 2.05) is 12.1 Å². The summed E-state index contributed by atoms with van der Waals surface area (Å²) in [5.74, 6) is -0.822. The van der Waals surface area contributed by atoms with E-state index in [4.69, 9.17) is 0 Å². The second kappa shape index (κ2) is 8.34. The first-order valence-electron chi connectivity index (χ1n) is 9.18. The molecule has 0 radical (unpaired) electrons. The third-order valence-corrected chi connectivity index (χ3v) is 4.61. The van der Waals surface area contributed by atoms with Crippen molar-refractivity contribution < 1.29 is 14.4 Å². The largest absolute Gasteiger partial charge is 0.354 e. The van der Waals surface area contributed by atoms with E-state index in [9.17, 15) is 14.4 Å². The second-order valence-corrected chi connectivity index (χ2v) is 7.87. The topological polar surface area (TPSA) is 87.3 Å². The van der Waals surface area contributed by atoms with Gasteiger partial charge in [-0.15, -0.1) is 0 Å². The minimum atomic E-state index is -0.721. The Hall–Kier alpha value is -2.37. The summed E-state index contributed by atoms with van der Waals surface area (Å²) < 4.78 is 0. The average molecular weight is 359 g/mol. The van der Waals surface area contributed by atoms with Gasteiger partial charge in [0.15, 0.2) is 0 Å². The molecule has 1 aromatic carbocycles. The monoisotopic (exact) mass is 359 g/mol. The number of hydrogen-bond donors (Lipinski definition) is 3. The van der Waals surface area contributed by atoms with Crippen molar-refractivity contribution in [2.24, 2.45) is 0 Å². The van der Waals surface area contributed by atoms with Crippen LogP contribution in [0.3, 0.4) is 0 Å². The van der Waals surface area contributed by atoms with Crippen LogP contribution in [0.4, 0.5) is 0 Å². The minimum Gasteiger partial charge on any atom is -0.354 e. The summed E-state index contributed by atoms with van der Waals surface area (Å²) in [6.07, 6.45) is 2.41. The van der Waals surface area contributed by atoms with E-state index in [-0.39, 0.29) is 23.1 Å². The van der Waals surface area contributed by atoms with Crippen molar-refractivity contribution in [2.45, 2.75) is 64.5 Å². The summed E-state index contributed by atoms with van der Waals surface area (Å²) in [6.45, 7) is 8.59. The highest BCUT2D eigenvalue weighted by Crippen LogP contribution is 2.22. The zero-order valence-corrected chi connectivity index (χ0v) is 16.0. The molecular weight excluding hydrogens is 330 g/mol. The molecule has 1 aromatic rings. The predicted octanol–water partition coefficient (Wildman–Crippen LogP) is 1.89. The number of nitrogens with one attached hydrogen (secondary N) is 3. The van der Waals surface area contributed by atoms with Crippen molar-refractivity contribution in [3.8, 4) is 0 Å². The summed E-state index contributed by atoms with van der Waals surface area (Å²) in [7, 11) is 0. The molecule has 2 unspecified atom stereocenters. The average Bonchev–Trinajstić information content (AvgIpc) is 2.78. The number of amides is 3. The Bertz CT molecular complexity index is 662. The van der Waals surface area contributed by atoms with Gasteiger partial charge < -0.3 is 16.0 Å². The minimum absolute atomic E-state index is 0.0153. The van der Waals surface area contributed by atoms with Crippen LogP contribution in [0, 0.1) is 0 Å². The Morgan fingerprint density at radius 1 is 1.15 bits per heavy atom. The van der Waals surface area contributed by atoms with E-state index in [0.717, 1.165) is 18.4 Å². The van der Waals surface area contributed by atoms with Crippen molar-refractivity contribution in [3.63, 3.8) is 0 Å². The molecule has 6 heteroatoms. The van der Waals surface area contributed by atoms with Gasteiger partial charge in [-0.3, -0.25) is 14.4 Å². The molecular formula is C20H29N3O3. The lowest BCUT2D eigenvalue weighted by molar-refractivity contribution is -0.129. The predicted molar refractivity (Wildman–Crippen MR) is 101 cm³/mol. The molecule has 1 fully saturated rings. The van der Waals surface area contributed by atoms with Gasteiger partial charge in [-0.2, -0.15) is 0 Å². The van der Waals surface area contributed by atoms with Gasteiger partial charge in [-0.1, -0.05) is 32.9 Å². The van der Waals surface area contributed by atoms with Gasteiger partial charge in [0.2, 0.25) is 11.8 Å². The summed E-state index contributed by atoms with van der Waals surface area (Å²) in [5.41, 5.74) is 1.66. The molecule has 3 N–H and O–H groups in total. The van der Waals surface area contributed by atoms with Crippen LogP contribution in [0.15, 0.2) is 24.3 Å². The SMILES string of the molecule is CC(NC(=O)c1ccc(C(C)(C)C)cc1)C(=O)NC1CCCCNC1=O. The molecule has 2 atom stereocenters. The maximum atomic E-state index is 12.4. The molecule has 2 rings (SSSR count). The van der Waals surface area contributed by atoms with E-state index < -0.39 is 12.1 Å². The molecule has 6 nitrogen and oxygen atoms in total. The lowest BCUT2D eigenvalue weighted by atomic mass is 9.86. The Kier molecular flexibility index (Phi) is 6.40. The van der Waals surface area contributed by atoms with Crippen molar-refractivity contribution in [1.82, 2.24) is 16.0 Å². The van der Waals surface area contributed by atoms with Gasteiger partial charge >= 0.3 is 0 Å². The van der Waals surface area contributed by atoms with Crippen LogP contribution in [-0.2, 0) is 15.0 Å². The van der Waals surface area contributed by atoms with E-state index in [1.54, 1.807) is 19.1 Å². The molecule has 3 amide bonds. The van der Waals surface area contributed by atoms with Gasteiger partial charge in [0.25, 0.3) is 5.91 Å². The van der Waals surface area contributed by atoms with Crippen molar-refractivity contribution in [2.75, 3.05) is 6.54 Å². The molecule has 1 heterocycles. The third-order valence-electron chi connectivity index (χ3n) is 4.61. The lowest BCUT2D eigenvalue weighted by Gasteiger charge is -2.20. The van der Waals surface area contributed by atoms with Gasteiger partial charge in [0.05, 0.1) is 0 Å². The molecule has 1 aliphatic rings. The first-order valence-corrected chi connectivity index (χ1v) is 9.18. The quantitative estimate of drug-likeness (QED) is 0.767. The first-order chi connectivity index (χ1) is 12.2. The van der Waals surface area contributed by atoms with E-state index in [2.05, 4.69) is 36.7 Å². The maximum Gasteiger partial charge on any atom is 0.251 e. The summed E-state index contributed by atoms with van der Waals surface area (Å²) in [5, 5.41) is 8.20. The number of rotatable bonds is 4. The molecule has 1 aliphatic heterocycles. The van der Waals surface area contributed by atoms with Crippen molar-refractivity contribution in [3.05, 3.63) is 35.4 Å². The van der Waals surface area contributed by atoms with Gasteiger partial charge in [0.1, 0.15) is 12.1 Å². The standard InChI is InChI=1S/C20H29N3O3/c1-13(17(24)23-16-7-5-6-12-21-19(16)26)22-18(25)14-8-10-15(11-9-14)20(2,3)4/h8-11,13,16H,5-7,12H2,1-4H3,(H,21,26)(H,22,25)(H,23,24). The highest BCUT2D eigenvalue weighted by atomic mass is 16.2. The summed E-state index contributed by atoms with van der Waals surface area (Å²) >= 11 is 0. The highest BCUT2D eigenvalue weighted by Gasteiger charge is 2.25. The van der Waals surface area contributed by atoms with E-state index in [0.29, 0.717) is 18.5 Å². The number of hydrogen-bond acceptors (Lipinski definition) is 3. The van der Waals surface area contributed by atoms with Crippen LogP contribution in [-0.4, -0.2) is 36.3 Å². The molecule has 26 heavy (non-hydrogen) atoms. The number of carbonyl (C=O) groups is 3. The summed E-state index contributed by atoms with van der Waals surface area (Å²) in [6, 6.07) is 6.13. The Labute approximate surface area is 155 Å². The molecule has 0 saturated carbocycles. The third kappa shape index (κ3) is 5.31. The van der Waals surface area contributed by atoms with Crippen LogP contribution >= 0.6 is 0 Å². The zero-order chi connectivity index (χ0) is 19.3. The second-order valence-electron chi connectivity index (χ2n) is 7.87. The highest BCUT2D eigenvalue weighted by molar-refractivity contribution is 5.98. The molecule has 1 saturated heterocycles. The van der Waals surface area contributed by atoms with Crippen LogP contribution in [0.5, 0.6) is 0 Å². The van der Waals surface area contributed by atoms with E-state index >= 15 is 0 Å². The van der Waals surface area contributed by atoms with Crippen LogP contribution in [0.25, 0.3) is 0 Å². The Morgan fingerprint density at radius 2 is 1.81 bits per heavy atom. The molecule has 0 bridgehead atoms. The molecule has 0 spiro atoms. The fraction of sp³-hybridized carbons (Fsp3) is 0.550. The molecule has 0 aliphatic carbocycles. The van der Waals surface area contributed by atoms with Crippen molar-refractivity contribution in [1.29, 1.82) is 0 Å². The number of benzene rings is 1. The molecule has 0 aromatic heterocycles.